The van der Waals surface area contributed by atoms with Crippen molar-refractivity contribution in [3.05, 3.63) is 16.2 Å². The Morgan fingerprint density at radius 1 is 1.33 bits per heavy atom. The Kier molecular flexibility index (Phi) is 4.57. The highest BCUT2D eigenvalue weighted by molar-refractivity contribution is 7.92. The van der Waals surface area contributed by atoms with E-state index in [1.165, 1.54) is 6.07 Å². The molecule has 0 spiro atoms. The van der Waals surface area contributed by atoms with E-state index in [1.54, 1.807) is 0 Å². The van der Waals surface area contributed by atoms with Gasteiger partial charge in [-0.2, -0.15) is 0 Å². The molecule has 1 aliphatic rings. The van der Waals surface area contributed by atoms with Gasteiger partial charge in [-0.25, -0.2) is 8.42 Å². The molecule has 0 N–H and O–H groups in total. The third kappa shape index (κ3) is 3.55. The van der Waals surface area contributed by atoms with Crippen molar-refractivity contribution in [2.24, 2.45) is 5.92 Å². The van der Waals surface area contributed by atoms with Crippen molar-refractivity contribution in [1.82, 2.24) is 0 Å². The number of anilines is 1. The number of rotatable bonds is 4. The molecule has 21 heavy (non-hydrogen) atoms. The molecule has 1 saturated carbocycles. The molecule has 1 heterocycles. The topological polar surface area (TPSA) is 80.5 Å². The molecule has 0 bridgehead atoms. The summed E-state index contributed by atoms with van der Waals surface area (Å²) in [6, 6.07) is 1.42. The molecule has 8 heteroatoms. The van der Waals surface area contributed by atoms with Crippen molar-refractivity contribution in [3.8, 4) is 0 Å². The van der Waals surface area contributed by atoms with Crippen LogP contribution in [0, 0.1) is 16.0 Å². The van der Waals surface area contributed by atoms with Gasteiger partial charge >= 0.3 is 5.69 Å². The first-order chi connectivity index (χ1) is 9.70. The SMILES string of the molecule is CC1CCC(N(C)c2sc(S(C)(=O)=O)cc2[N+](=O)[O-])CC1. The number of nitrogens with zero attached hydrogens (tertiary/aromatic N) is 2. The zero-order valence-electron chi connectivity index (χ0n) is 12.4. The van der Waals surface area contributed by atoms with Gasteiger partial charge in [0.15, 0.2) is 14.8 Å². The van der Waals surface area contributed by atoms with Gasteiger partial charge in [-0.05, 0) is 31.6 Å². The summed E-state index contributed by atoms with van der Waals surface area (Å²) in [5.74, 6) is 0.694. The second kappa shape index (κ2) is 5.92. The van der Waals surface area contributed by atoms with E-state index in [2.05, 4.69) is 6.92 Å². The monoisotopic (exact) mass is 332 g/mol. The molecule has 1 aromatic heterocycles. The molecule has 0 radical (unpaired) electrons. The zero-order valence-corrected chi connectivity index (χ0v) is 14.0. The average Bonchev–Trinajstić information content (AvgIpc) is 2.83. The Labute approximate surface area is 128 Å². The molecule has 6 nitrogen and oxygen atoms in total. The molecule has 0 unspecified atom stereocenters. The molecule has 1 fully saturated rings. The van der Waals surface area contributed by atoms with E-state index in [4.69, 9.17) is 0 Å². The summed E-state index contributed by atoms with van der Waals surface area (Å²) in [6.07, 6.45) is 5.26. The van der Waals surface area contributed by atoms with Crippen molar-refractivity contribution >= 4 is 31.9 Å². The molecule has 0 amide bonds. The Bertz CT molecular complexity index is 631. The van der Waals surface area contributed by atoms with E-state index in [1.807, 2.05) is 11.9 Å². The van der Waals surface area contributed by atoms with Gasteiger partial charge < -0.3 is 4.90 Å². The molecule has 0 saturated heterocycles. The third-order valence-corrected chi connectivity index (χ3v) is 7.10. The van der Waals surface area contributed by atoms with Gasteiger partial charge in [0.25, 0.3) is 0 Å². The maximum atomic E-state index is 11.6. The quantitative estimate of drug-likeness (QED) is 0.625. The zero-order chi connectivity index (χ0) is 15.8. The van der Waals surface area contributed by atoms with Crippen molar-refractivity contribution in [2.45, 2.75) is 42.9 Å². The highest BCUT2D eigenvalue weighted by atomic mass is 32.2. The lowest BCUT2D eigenvalue weighted by Crippen LogP contribution is -2.34. The van der Waals surface area contributed by atoms with Gasteiger partial charge in [0.2, 0.25) is 0 Å². The predicted molar refractivity (Wildman–Crippen MR) is 83.9 cm³/mol. The second-order valence-corrected chi connectivity index (χ2v) is 9.08. The van der Waals surface area contributed by atoms with E-state index in [0.29, 0.717) is 10.9 Å². The molecule has 0 atom stereocenters. The lowest BCUT2D eigenvalue weighted by atomic mass is 9.87. The number of sulfone groups is 1. The molecule has 0 aromatic carbocycles. The van der Waals surface area contributed by atoms with Gasteiger partial charge in [-0.15, -0.1) is 0 Å². The first-order valence-corrected chi connectivity index (χ1v) is 9.62. The highest BCUT2D eigenvalue weighted by Crippen LogP contribution is 2.41. The van der Waals surface area contributed by atoms with E-state index in [-0.39, 0.29) is 15.9 Å². The summed E-state index contributed by atoms with van der Waals surface area (Å²) < 4.78 is 23.3. The van der Waals surface area contributed by atoms with Crippen molar-refractivity contribution < 1.29 is 13.3 Å². The molecule has 2 rings (SSSR count). The molecule has 118 valence electrons. The fourth-order valence-corrected chi connectivity index (χ4v) is 4.77. The summed E-state index contributed by atoms with van der Waals surface area (Å²) in [5, 5.41) is 11.6. The van der Waals surface area contributed by atoms with Crippen molar-refractivity contribution in [1.29, 1.82) is 0 Å². The van der Waals surface area contributed by atoms with Gasteiger partial charge in [-0.3, -0.25) is 10.1 Å². The molecule has 0 aliphatic heterocycles. The first-order valence-electron chi connectivity index (χ1n) is 6.91. The van der Waals surface area contributed by atoms with E-state index in [9.17, 15) is 18.5 Å². The average molecular weight is 332 g/mol. The summed E-state index contributed by atoms with van der Waals surface area (Å²) >= 11 is 0.994. The van der Waals surface area contributed by atoms with E-state index in [0.717, 1.165) is 43.3 Å². The maximum absolute atomic E-state index is 11.6. The van der Waals surface area contributed by atoms with Crippen molar-refractivity contribution in [2.75, 3.05) is 18.2 Å². The van der Waals surface area contributed by atoms with Crippen LogP contribution < -0.4 is 4.90 Å². The van der Waals surface area contributed by atoms with Crippen molar-refractivity contribution in [3.63, 3.8) is 0 Å². The smallest absolute Gasteiger partial charge is 0.305 e. The summed E-state index contributed by atoms with van der Waals surface area (Å²) in [5.41, 5.74) is -0.110. The van der Waals surface area contributed by atoms with Crippen LogP contribution in [-0.4, -0.2) is 32.7 Å². The van der Waals surface area contributed by atoms with Gasteiger partial charge in [0.05, 0.1) is 4.92 Å². The molecule has 1 aliphatic carbocycles. The standard InChI is InChI=1S/C13H20N2O4S2/c1-9-4-6-10(7-5-9)14(2)13-11(15(16)17)8-12(20-13)21(3,18)19/h8-10H,4-7H2,1-3H3. The van der Waals surface area contributed by atoms with Crippen LogP contribution in [0.2, 0.25) is 0 Å². The predicted octanol–water partition coefficient (Wildman–Crippen LogP) is 3.07. The summed E-state index contributed by atoms with van der Waals surface area (Å²) in [7, 11) is -1.60. The largest absolute Gasteiger partial charge is 0.358 e. The minimum atomic E-state index is -3.42. The number of hydrogen-bond acceptors (Lipinski definition) is 6. The van der Waals surface area contributed by atoms with Crippen LogP contribution in [0.15, 0.2) is 10.3 Å². The Morgan fingerprint density at radius 3 is 2.38 bits per heavy atom. The van der Waals surface area contributed by atoms with Crippen LogP contribution in [-0.2, 0) is 9.84 Å². The first kappa shape index (κ1) is 16.2. The fourth-order valence-electron chi connectivity index (χ4n) is 2.71. The van der Waals surface area contributed by atoms with Gasteiger partial charge in [-0.1, -0.05) is 18.3 Å². The molecular formula is C13H20N2O4S2. The van der Waals surface area contributed by atoms with E-state index < -0.39 is 14.8 Å². The van der Waals surface area contributed by atoms with Crippen LogP contribution in [0.4, 0.5) is 10.7 Å². The number of hydrogen-bond donors (Lipinski definition) is 0. The Balaban J connectivity index is 2.33. The summed E-state index contributed by atoms with van der Waals surface area (Å²) in [6.45, 7) is 2.21. The number of thiophene rings is 1. The molecule has 1 aromatic rings. The highest BCUT2D eigenvalue weighted by Gasteiger charge is 2.30. The maximum Gasteiger partial charge on any atom is 0.305 e. The van der Waals surface area contributed by atoms with E-state index >= 15 is 0 Å². The Hall–Kier alpha value is -1.15. The van der Waals surface area contributed by atoms with Gasteiger partial charge in [0, 0.05) is 25.4 Å². The lowest BCUT2D eigenvalue weighted by molar-refractivity contribution is -0.383. The van der Waals surface area contributed by atoms with Crippen LogP contribution in [0.1, 0.15) is 32.6 Å². The Morgan fingerprint density at radius 2 is 1.90 bits per heavy atom. The minimum absolute atomic E-state index is 0.0558. The summed E-state index contributed by atoms with van der Waals surface area (Å²) in [4.78, 5) is 12.6. The van der Waals surface area contributed by atoms with Crippen LogP contribution in [0.25, 0.3) is 0 Å². The third-order valence-electron chi connectivity index (χ3n) is 4.09. The molecular weight excluding hydrogens is 312 g/mol. The van der Waals surface area contributed by atoms with Crippen LogP contribution in [0.3, 0.4) is 0 Å². The fraction of sp³-hybridized carbons (Fsp3) is 0.692. The van der Waals surface area contributed by atoms with Crippen LogP contribution >= 0.6 is 11.3 Å². The normalized spacial score (nSPS) is 23.0. The van der Waals surface area contributed by atoms with Gasteiger partial charge in [0.1, 0.15) is 4.21 Å². The number of nitro groups is 1. The minimum Gasteiger partial charge on any atom is -0.358 e. The second-order valence-electron chi connectivity index (χ2n) is 5.81. The van der Waals surface area contributed by atoms with Crippen LogP contribution in [0.5, 0.6) is 0 Å². The lowest BCUT2D eigenvalue weighted by Gasteiger charge is -2.33.